The SMILES string of the molecule is CSc1cc(C=O)ccc1F. The van der Waals surface area contributed by atoms with E-state index in [0.717, 1.165) is 0 Å². The fraction of sp³-hybridized carbons (Fsp3) is 0.125. The highest BCUT2D eigenvalue weighted by atomic mass is 32.2. The second-order valence-electron chi connectivity index (χ2n) is 2.01. The molecule has 0 unspecified atom stereocenters. The smallest absolute Gasteiger partial charge is 0.150 e. The van der Waals surface area contributed by atoms with Gasteiger partial charge in [0.2, 0.25) is 0 Å². The lowest BCUT2D eigenvalue weighted by Crippen LogP contribution is -1.84. The van der Waals surface area contributed by atoms with E-state index in [1.54, 1.807) is 6.26 Å². The Bertz CT molecular complexity index is 273. The zero-order chi connectivity index (χ0) is 8.27. The Hall–Kier alpha value is -0.830. The van der Waals surface area contributed by atoms with E-state index >= 15 is 0 Å². The first kappa shape index (κ1) is 8.27. The summed E-state index contributed by atoms with van der Waals surface area (Å²) in [5.41, 5.74) is 0.510. The van der Waals surface area contributed by atoms with Crippen LogP contribution >= 0.6 is 11.8 Å². The van der Waals surface area contributed by atoms with Crippen LogP contribution < -0.4 is 0 Å². The zero-order valence-electron chi connectivity index (χ0n) is 6.00. The van der Waals surface area contributed by atoms with Crippen molar-refractivity contribution in [1.82, 2.24) is 0 Å². The van der Waals surface area contributed by atoms with Gasteiger partial charge < -0.3 is 0 Å². The standard InChI is InChI=1S/C8H7FOS/c1-11-8-4-6(5-10)2-3-7(8)9/h2-5H,1H3. The topological polar surface area (TPSA) is 17.1 Å². The second kappa shape index (κ2) is 3.53. The molecule has 0 radical (unpaired) electrons. The molecule has 0 aliphatic rings. The van der Waals surface area contributed by atoms with E-state index in [9.17, 15) is 9.18 Å². The summed E-state index contributed by atoms with van der Waals surface area (Å²) < 4.78 is 12.8. The molecule has 1 aromatic rings. The van der Waals surface area contributed by atoms with Crippen molar-refractivity contribution in [1.29, 1.82) is 0 Å². The summed E-state index contributed by atoms with van der Waals surface area (Å²) in [6.45, 7) is 0. The van der Waals surface area contributed by atoms with Crippen molar-refractivity contribution in [3.05, 3.63) is 29.6 Å². The van der Waals surface area contributed by atoms with Gasteiger partial charge in [0.05, 0.1) is 0 Å². The van der Waals surface area contributed by atoms with Gasteiger partial charge in [0.1, 0.15) is 12.1 Å². The molecule has 0 spiro atoms. The fourth-order valence-corrected chi connectivity index (χ4v) is 1.27. The number of carbonyl (C=O) groups excluding carboxylic acids is 1. The summed E-state index contributed by atoms with van der Waals surface area (Å²) in [5, 5.41) is 0. The summed E-state index contributed by atoms with van der Waals surface area (Å²) >= 11 is 1.29. The Balaban J connectivity index is 3.12. The molecule has 0 saturated carbocycles. The van der Waals surface area contributed by atoms with Crippen molar-refractivity contribution in [3.63, 3.8) is 0 Å². The highest BCUT2D eigenvalue weighted by Gasteiger charge is 2.00. The molecule has 0 saturated heterocycles. The zero-order valence-corrected chi connectivity index (χ0v) is 6.82. The normalized spacial score (nSPS) is 9.64. The van der Waals surface area contributed by atoms with Gasteiger partial charge >= 0.3 is 0 Å². The predicted octanol–water partition coefficient (Wildman–Crippen LogP) is 2.36. The first-order chi connectivity index (χ1) is 5.27. The van der Waals surface area contributed by atoms with Gasteiger partial charge in [-0.05, 0) is 24.5 Å². The molecule has 1 aromatic carbocycles. The number of benzene rings is 1. The lowest BCUT2D eigenvalue weighted by Gasteiger charge is -1.97. The van der Waals surface area contributed by atoms with Crippen molar-refractivity contribution >= 4 is 18.0 Å². The average Bonchev–Trinajstić information content (AvgIpc) is 2.05. The molecule has 1 rings (SSSR count). The predicted molar refractivity (Wildman–Crippen MR) is 43.6 cm³/mol. The fourth-order valence-electron chi connectivity index (χ4n) is 0.750. The quantitative estimate of drug-likeness (QED) is 0.500. The van der Waals surface area contributed by atoms with Crippen molar-refractivity contribution in [2.75, 3.05) is 6.26 Å². The van der Waals surface area contributed by atoms with Gasteiger partial charge in [-0.2, -0.15) is 0 Å². The van der Waals surface area contributed by atoms with Crippen molar-refractivity contribution in [2.24, 2.45) is 0 Å². The van der Waals surface area contributed by atoms with E-state index in [1.807, 2.05) is 0 Å². The van der Waals surface area contributed by atoms with Gasteiger partial charge in [0, 0.05) is 10.5 Å². The third-order valence-corrected chi connectivity index (χ3v) is 2.06. The Morgan fingerprint density at radius 2 is 2.27 bits per heavy atom. The Morgan fingerprint density at radius 1 is 1.55 bits per heavy atom. The van der Waals surface area contributed by atoms with Gasteiger partial charge in [0.15, 0.2) is 0 Å². The molecule has 11 heavy (non-hydrogen) atoms. The van der Waals surface area contributed by atoms with Gasteiger partial charge in [0.25, 0.3) is 0 Å². The summed E-state index contributed by atoms with van der Waals surface area (Å²) in [7, 11) is 0. The second-order valence-corrected chi connectivity index (χ2v) is 2.86. The van der Waals surface area contributed by atoms with Crippen molar-refractivity contribution in [2.45, 2.75) is 4.90 Å². The Kier molecular flexibility index (Phi) is 2.65. The van der Waals surface area contributed by atoms with Crippen molar-refractivity contribution < 1.29 is 9.18 Å². The van der Waals surface area contributed by atoms with Crippen LogP contribution in [0.4, 0.5) is 4.39 Å². The van der Waals surface area contributed by atoms with Gasteiger partial charge in [-0.3, -0.25) is 4.79 Å². The summed E-state index contributed by atoms with van der Waals surface area (Å²) in [6, 6.07) is 4.30. The number of hydrogen-bond donors (Lipinski definition) is 0. The minimum Gasteiger partial charge on any atom is -0.298 e. The maximum absolute atomic E-state index is 12.8. The highest BCUT2D eigenvalue weighted by Crippen LogP contribution is 2.19. The molecule has 0 atom stereocenters. The van der Waals surface area contributed by atoms with Gasteiger partial charge in [-0.15, -0.1) is 11.8 Å². The maximum atomic E-state index is 12.8. The van der Waals surface area contributed by atoms with E-state index in [4.69, 9.17) is 0 Å². The molecular formula is C8H7FOS. The first-order valence-electron chi connectivity index (χ1n) is 3.06. The maximum Gasteiger partial charge on any atom is 0.150 e. The van der Waals surface area contributed by atoms with Crippen LogP contribution in [-0.2, 0) is 0 Å². The minimum absolute atomic E-state index is 0.275. The van der Waals surface area contributed by atoms with E-state index in [0.29, 0.717) is 16.7 Å². The summed E-state index contributed by atoms with van der Waals surface area (Å²) in [6.07, 6.45) is 2.48. The number of halogens is 1. The minimum atomic E-state index is -0.275. The first-order valence-corrected chi connectivity index (χ1v) is 4.29. The molecule has 58 valence electrons. The van der Waals surface area contributed by atoms with E-state index in [2.05, 4.69) is 0 Å². The molecular weight excluding hydrogens is 163 g/mol. The molecule has 0 heterocycles. The van der Waals surface area contributed by atoms with Crippen LogP contribution in [0.3, 0.4) is 0 Å². The van der Waals surface area contributed by atoms with Gasteiger partial charge in [-0.25, -0.2) is 4.39 Å². The number of hydrogen-bond acceptors (Lipinski definition) is 2. The Labute approximate surface area is 68.6 Å². The third kappa shape index (κ3) is 1.80. The van der Waals surface area contributed by atoms with Crippen LogP contribution in [0.15, 0.2) is 23.1 Å². The van der Waals surface area contributed by atoms with E-state index < -0.39 is 0 Å². The van der Waals surface area contributed by atoms with Crippen LogP contribution in [-0.4, -0.2) is 12.5 Å². The van der Waals surface area contributed by atoms with Crippen LogP contribution in [0.25, 0.3) is 0 Å². The molecule has 0 amide bonds. The molecule has 1 nitrogen and oxygen atoms in total. The molecule has 0 aliphatic carbocycles. The van der Waals surface area contributed by atoms with E-state index in [1.165, 1.54) is 30.0 Å². The molecule has 0 fully saturated rings. The molecule has 0 N–H and O–H groups in total. The average molecular weight is 170 g/mol. The summed E-state index contributed by atoms with van der Waals surface area (Å²) in [4.78, 5) is 10.8. The van der Waals surface area contributed by atoms with Crippen LogP contribution in [0, 0.1) is 5.82 Å². The van der Waals surface area contributed by atoms with E-state index in [-0.39, 0.29) is 5.82 Å². The summed E-state index contributed by atoms with van der Waals surface area (Å²) in [5.74, 6) is -0.275. The molecule has 0 aromatic heterocycles. The number of thioether (sulfide) groups is 1. The van der Waals surface area contributed by atoms with Crippen molar-refractivity contribution in [3.8, 4) is 0 Å². The lowest BCUT2D eigenvalue weighted by molar-refractivity contribution is 0.112. The lowest BCUT2D eigenvalue weighted by atomic mass is 10.2. The molecule has 0 aliphatic heterocycles. The van der Waals surface area contributed by atoms with Crippen LogP contribution in [0.5, 0.6) is 0 Å². The molecule has 0 bridgehead atoms. The van der Waals surface area contributed by atoms with Crippen LogP contribution in [0.2, 0.25) is 0 Å². The number of rotatable bonds is 2. The highest BCUT2D eigenvalue weighted by molar-refractivity contribution is 7.98. The van der Waals surface area contributed by atoms with Gasteiger partial charge in [-0.1, -0.05) is 0 Å². The monoisotopic (exact) mass is 170 g/mol. The molecule has 3 heteroatoms. The largest absolute Gasteiger partial charge is 0.298 e. The Morgan fingerprint density at radius 3 is 2.82 bits per heavy atom. The number of aldehydes is 1. The number of carbonyl (C=O) groups is 1. The van der Waals surface area contributed by atoms with Crippen LogP contribution in [0.1, 0.15) is 10.4 Å². The third-order valence-electron chi connectivity index (χ3n) is 1.31.